The van der Waals surface area contributed by atoms with E-state index >= 15 is 0 Å². The van der Waals surface area contributed by atoms with E-state index in [0.29, 0.717) is 0 Å². The fraction of sp³-hybridized carbons (Fsp3) is 0.900. The van der Waals surface area contributed by atoms with Crippen LogP contribution in [-0.4, -0.2) is 41.0 Å². The Morgan fingerprint density at radius 2 is 1.92 bits per heavy atom. The molecule has 2 amide bonds. The zero-order chi connectivity index (χ0) is 10.2. The smallest absolute Gasteiger partial charge is 0.320 e. The first-order chi connectivity index (χ1) is 5.86. The molecule has 1 heterocycles. The van der Waals surface area contributed by atoms with Crippen LogP contribution in [0.3, 0.4) is 0 Å². The predicted molar refractivity (Wildman–Crippen MR) is 53.7 cm³/mol. The summed E-state index contributed by atoms with van der Waals surface area (Å²) in [6, 6.07) is 0.441. The molecule has 1 fully saturated rings. The normalized spacial score (nSPS) is 22.8. The van der Waals surface area contributed by atoms with Gasteiger partial charge in [-0.1, -0.05) is 0 Å². The van der Waals surface area contributed by atoms with E-state index in [9.17, 15) is 4.79 Å². The topological polar surface area (TPSA) is 23.6 Å². The monoisotopic (exact) mass is 184 g/mol. The fourth-order valence-electron chi connectivity index (χ4n) is 2.02. The summed E-state index contributed by atoms with van der Waals surface area (Å²) in [5, 5.41) is 0. The standard InChI is InChI=1S/C10H20N2O/c1-8(2)12-9(13)11(5)7-6-10(12,3)4/h8H,6-7H2,1-5H3. The number of amides is 2. The third kappa shape index (κ3) is 1.79. The van der Waals surface area contributed by atoms with Crippen LogP contribution in [0, 0.1) is 0 Å². The van der Waals surface area contributed by atoms with Crippen molar-refractivity contribution in [2.45, 2.75) is 45.7 Å². The molecule has 0 unspecified atom stereocenters. The average Bonchev–Trinajstić information content (AvgIpc) is 1.96. The van der Waals surface area contributed by atoms with Crippen molar-refractivity contribution in [3.05, 3.63) is 0 Å². The van der Waals surface area contributed by atoms with Crippen molar-refractivity contribution in [1.29, 1.82) is 0 Å². The molecule has 0 atom stereocenters. The van der Waals surface area contributed by atoms with E-state index in [1.54, 1.807) is 4.90 Å². The van der Waals surface area contributed by atoms with Gasteiger partial charge in [0.05, 0.1) is 0 Å². The Morgan fingerprint density at radius 1 is 1.38 bits per heavy atom. The molecule has 3 nitrogen and oxygen atoms in total. The van der Waals surface area contributed by atoms with Gasteiger partial charge in [0.1, 0.15) is 0 Å². The molecule has 0 aromatic carbocycles. The van der Waals surface area contributed by atoms with Crippen LogP contribution in [0.25, 0.3) is 0 Å². The van der Waals surface area contributed by atoms with Gasteiger partial charge in [0.2, 0.25) is 0 Å². The minimum atomic E-state index is 0.0117. The Labute approximate surface area is 80.7 Å². The lowest BCUT2D eigenvalue weighted by Gasteiger charge is -2.48. The first kappa shape index (κ1) is 10.4. The third-order valence-electron chi connectivity index (χ3n) is 2.76. The van der Waals surface area contributed by atoms with E-state index < -0.39 is 0 Å². The number of hydrogen-bond acceptors (Lipinski definition) is 1. The Hall–Kier alpha value is -0.730. The van der Waals surface area contributed by atoms with Crippen LogP contribution in [-0.2, 0) is 0 Å². The highest BCUT2D eigenvalue weighted by molar-refractivity contribution is 5.76. The number of rotatable bonds is 1. The largest absolute Gasteiger partial charge is 0.328 e. The van der Waals surface area contributed by atoms with Gasteiger partial charge < -0.3 is 9.80 Å². The average molecular weight is 184 g/mol. The number of carbonyl (C=O) groups is 1. The zero-order valence-electron chi connectivity index (χ0n) is 9.29. The van der Waals surface area contributed by atoms with Gasteiger partial charge in [-0.2, -0.15) is 0 Å². The molecule has 1 rings (SSSR count). The van der Waals surface area contributed by atoms with Gasteiger partial charge in [-0.05, 0) is 34.1 Å². The lowest BCUT2D eigenvalue weighted by molar-refractivity contribution is 0.0489. The molecule has 0 N–H and O–H groups in total. The molecular formula is C10H20N2O. The zero-order valence-corrected chi connectivity index (χ0v) is 9.29. The molecule has 1 aliphatic heterocycles. The molecule has 0 aliphatic carbocycles. The van der Waals surface area contributed by atoms with Crippen molar-refractivity contribution >= 4 is 6.03 Å². The molecule has 0 aromatic rings. The number of hydrogen-bond donors (Lipinski definition) is 0. The van der Waals surface area contributed by atoms with Crippen LogP contribution in [0.1, 0.15) is 34.1 Å². The molecule has 0 bridgehead atoms. The van der Waals surface area contributed by atoms with Crippen molar-refractivity contribution in [3.8, 4) is 0 Å². The van der Waals surface area contributed by atoms with Gasteiger partial charge in [-0.15, -0.1) is 0 Å². The molecule has 0 radical (unpaired) electrons. The van der Waals surface area contributed by atoms with Gasteiger partial charge in [0.25, 0.3) is 0 Å². The summed E-state index contributed by atoms with van der Waals surface area (Å²) in [6.07, 6.45) is 1.05. The maximum Gasteiger partial charge on any atom is 0.320 e. The second-order valence-corrected chi connectivity index (χ2v) is 4.73. The highest BCUT2D eigenvalue weighted by Crippen LogP contribution is 2.27. The van der Waals surface area contributed by atoms with Gasteiger partial charge in [0, 0.05) is 25.2 Å². The van der Waals surface area contributed by atoms with E-state index in [1.165, 1.54) is 0 Å². The van der Waals surface area contributed by atoms with Crippen LogP contribution in [0.5, 0.6) is 0 Å². The molecular weight excluding hydrogens is 164 g/mol. The Balaban J connectivity index is 2.88. The van der Waals surface area contributed by atoms with Crippen molar-refractivity contribution in [3.63, 3.8) is 0 Å². The maximum absolute atomic E-state index is 11.8. The summed E-state index contributed by atoms with van der Waals surface area (Å²) in [4.78, 5) is 15.6. The molecule has 3 heteroatoms. The molecule has 13 heavy (non-hydrogen) atoms. The van der Waals surface area contributed by atoms with Gasteiger partial charge in [-0.25, -0.2) is 4.79 Å². The number of nitrogens with zero attached hydrogens (tertiary/aromatic N) is 2. The number of carbonyl (C=O) groups excluding carboxylic acids is 1. The van der Waals surface area contributed by atoms with Crippen LogP contribution < -0.4 is 0 Å². The predicted octanol–water partition coefficient (Wildman–Crippen LogP) is 1.93. The number of urea groups is 1. The Morgan fingerprint density at radius 3 is 2.31 bits per heavy atom. The van der Waals surface area contributed by atoms with Gasteiger partial charge in [-0.3, -0.25) is 0 Å². The van der Waals surface area contributed by atoms with Crippen molar-refractivity contribution in [2.75, 3.05) is 13.6 Å². The molecule has 0 spiro atoms. The van der Waals surface area contributed by atoms with E-state index in [-0.39, 0.29) is 17.6 Å². The fourth-order valence-corrected chi connectivity index (χ4v) is 2.02. The summed E-state index contributed by atoms with van der Waals surface area (Å²) < 4.78 is 0. The summed E-state index contributed by atoms with van der Waals surface area (Å²) in [7, 11) is 1.87. The van der Waals surface area contributed by atoms with Crippen molar-refractivity contribution in [1.82, 2.24) is 9.80 Å². The van der Waals surface area contributed by atoms with Crippen LogP contribution in [0.15, 0.2) is 0 Å². The molecule has 0 aromatic heterocycles. The third-order valence-corrected chi connectivity index (χ3v) is 2.76. The lowest BCUT2D eigenvalue weighted by atomic mass is 9.94. The summed E-state index contributed by atoms with van der Waals surface area (Å²) in [5.74, 6) is 0. The second kappa shape index (κ2) is 3.20. The molecule has 1 saturated heterocycles. The van der Waals surface area contributed by atoms with E-state index in [0.717, 1.165) is 13.0 Å². The summed E-state index contributed by atoms with van der Waals surface area (Å²) in [6.45, 7) is 9.28. The molecule has 1 aliphatic rings. The summed E-state index contributed by atoms with van der Waals surface area (Å²) >= 11 is 0. The molecule has 0 saturated carbocycles. The second-order valence-electron chi connectivity index (χ2n) is 4.73. The minimum absolute atomic E-state index is 0.0117. The van der Waals surface area contributed by atoms with Gasteiger partial charge >= 0.3 is 6.03 Å². The SMILES string of the molecule is CC(C)N1C(=O)N(C)CCC1(C)C. The lowest BCUT2D eigenvalue weighted by Crippen LogP contribution is -2.60. The Bertz CT molecular complexity index is 211. The maximum atomic E-state index is 11.8. The quantitative estimate of drug-likeness (QED) is 0.611. The van der Waals surface area contributed by atoms with Crippen molar-refractivity contribution < 1.29 is 4.79 Å². The minimum Gasteiger partial charge on any atom is -0.328 e. The summed E-state index contributed by atoms with van der Waals surface area (Å²) in [5.41, 5.74) is 0.0117. The van der Waals surface area contributed by atoms with E-state index in [2.05, 4.69) is 27.7 Å². The first-order valence-electron chi connectivity index (χ1n) is 4.90. The van der Waals surface area contributed by atoms with E-state index in [4.69, 9.17) is 0 Å². The van der Waals surface area contributed by atoms with Crippen LogP contribution in [0.2, 0.25) is 0 Å². The van der Waals surface area contributed by atoms with Gasteiger partial charge in [0.15, 0.2) is 0 Å². The highest BCUT2D eigenvalue weighted by Gasteiger charge is 2.38. The molecule has 76 valence electrons. The first-order valence-corrected chi connectivity index (χ1v) is 4.90. The van der Waals surface area contributed by atoms with Crippen LogP contribution >= 0.6 is 0 Å². The van der Waals surface area contributed by atoms with Crippen molar-refractivity contribution in [2.24, 2.45) is 0 Å². The van der Waals surface area contributed by atoms with E-state index in [1.807, 2.05) is 11.9 Å². The highest BCUT2D eigenvalue weighted by atomic mass is 16.2. The Kier molecular flexibility index (Phi) is 2.55. The van der Waals surface area contributed by atoms with Crippen LogP contribution in [0.4, 0.5) is 4.79 Å².